The van der Waals surface area contributed by atoms with E-state index in [0.717, 1.165) is 21.7 Å². The van der Waals surface area contributed by atoms with Gasteiger partial charge in [0.25, 0.3) is 0 Å². The van der Waals surface area contributed by atoms with E-state index < -0.39 is 6.09 Å². The van der Waals surface area contributed by atoms with Gasteiger partial charge in [0.15, 0.2) is 0 Å². The van der Waals surface area contributed by atoms with E-state index in [0.29, 0.717) is 6.54 Å². The van der Waals surface area contributed by atoms with E-state index in [1.54, 1.807) is 11.3 Å². The van der Waals surface area contributed by atoms with Crippen LogP contribution in [0.4, 0.5) is 4.79 Å². The molecule has 2 rings (SSSR count). The molecule has 1 aromatic carbocycles. The number of carbonyl (C=O) groups is 1. The van der Waals surface area contributed by atoms with Crippen molar-refractivity contribution in [3.05, 3.63) is 41.0 Å². The average Bonchev–Trinajstić information content (AvgIpc) is 2.91. The van der Waals surface area contributed by atoms with Gasteiger partial charge in [0.1, 0.15) is 6.10 Å². The number of carbonyl (C=O) groups excluding carboxylic acids is 1. The van der Waals surface area contributed by atoms with Gasteiger partial charge in [-0.3, -0.25) is 0 Å². The van der Waals surface area contributed by atoms with Gasteiger partial charge in [0.2, 0.25) is 0 Å². The lowest BCUT2D eigenvalue weighted by molar-refractivity contribution is 0.0914. The highest BCUT2D eigenvalue weighted by Crippen LogP contribution is 2.28. The molecular weight excluding hydrogens is 322 g/mol. The van der Waals surface area contributed by atoms with Crippen molar-refractivity contribution in [2.75, 3.05) is 13.6 Å². The summed E-state index contributed by atoms with van der Waals surface area (Å²) in [7, 11) is 1.84. The summed E-state index contributed by atoms with van der Waals surface area (Å²) in [6.07, 6.45) is -0.751. The molecule has 0 unspecified atom stereocenters. The summed E-state index contributed by atoms with van der Waals surface area (Å²) < 4.78 is 5.59. The molecule has 24 heavy (non-hydrogen) atoms. The normalized spacial score (nSPS) is 12.7. The number of nitrogens with one attached hydrogen (secondary N) is 2. The lowest BCUT2D eigenvalue weighted by atomic mass is 10.1. The Labute approximate surface area is 147 Å². The van der Waals surface area contributed by atoms with Crippen LogP contribution >= 0.6 is 11.3 Å². The first kappa shape index (κ1) is 18.4. The van der Waals surface area contributed by atoms with Gasteiger partial charge in [0.05, 0.1) is 16.1 Å². The molecule has 5 nitrogen and oxygen atoms in total. The standard InChI is InChI=1S/C18H25N3O2S/c1-12-16(24-11-20-12)14-8-6-13(7-9-14)15(10-19-5)23-17(22)21-18(2,3)4/h6-9,11,15,19H,10H2,1-5H3,(H,21,22)/t15-/m0/s1. The maximum atomic E-state index is 12.0. The number of likely N-dealkylation sites (N-methyl/N-ethyl adjacent to an activating group) is 1. The van der Waals surface area contributed by atoms with Crippen molar-refractivity contribution in [1.82, 2.24) is 15.6 Å². The van der Waals surface area contributed by atoms with Gasteiger partial charge in [-0.2, -0.15) is 0 Å². The predicted molar refractivity (Wildman–Crippen MR) is 98.3 cm³/mol. The van der Waals surface area contributed by atoms with E-state index in [2.05, 4.69) is 15.6 Å². The Hall–Kier alpha value is -1.92. The molecule has 0 aliphatic heterocycles. The zero-order chi connectivity index (χ0) is 17.7. The van der Waals surface area contributed by atoms with Crippen LogP contribution in [0.3, 0.4) is 0 Å². The summed E-state index contributed by atoms with van der Waals surface area (Å²) in [5, 5.41) is 5.90. The van der Waals surface area contributed by atoms with Crippen molar-refractivity contribution in [3.8, 4) is 10.4 Å². The zero-order valence-electron chi connectivity index (χ0n) is 14.8. The van der Waals surface area contributed by atoms with Gasteiger partial charge in [-0.1, -0.05) is 24.3 Å². The fourth-order valence-electron chi connectivity index (χ4n) is 2.31. The third-order valence-corrected chi connectivity index (χ3v) is 4.38. The Morgan fingerprint density at radius 1 is 1.29 bits per heavy atom. The van der Waals surface area contributed by atoms with Crippen molar-refractivity contribution >= 4 is 17.4 Å². The van der Waals surface area contributed by atoms with Crippen LogP contribution in [0.2, 0.25) is 0 Å². The molecule has 0 spiro atoms. The van der Waals surface area contributed by atoms with Gasteiger partial charge in [-0.05, 0) is 45.9 Å². The number of alkyl carbamates (subject to hydrolysis) is 1. The van der Waals surface area contributed by atoms with Crippen molar-refractivity contribution in [2.24, 2.45) is 0 Å². The Morgan fingerprint density at radius 3 is 2.46 bits per heavy atom. The first-order valence-electron chi connectivity index (χ1n) is 7.94. The fourth-order valence-corrected chi connectivity index (χ4v) is 3.12. The topological polar surface area (TPSA) is 63.2 Å². The molecule has 0 radical (unpaired) electrons. The van der Waals surface area contributed by atoms with Crippen LogP contribution in [0, 0.1) is 6.92 Å². The highest BCUT2D eigenvalue weighted by atomic mass is 32.1. The Balaban J connectivity index is 2.13. The largest absolute Gasteiger partial charge is 0.440 e. The molecule has 6 heteroatoms. The van der Waals surface area contributed by atoms with E-state index in [9.17, 15) is 4.79 Å². The van der Waals surface area contributed by atoms with Crippen LogP contribution in [0.5, 0.6) is 0 Å². The third-order valence-electron chi connectivity index (χ3n) is 3.41. The van der Waals surface area contributed by atoms with Crippen LogP contribution in [0.15, 0.2) is 29.8 Å². The van der Waals surface area contributed by atoms with Gasteiger partial charge in [-0.25, -0.2) is 9.78 Å². The number of thiazole rings is 1. The van der Waals surface area contributed by atoms with Crippen LogP contribution in [0.1, 0.15) is 38.1 Å². The number of hydrogen-bond acceptors (Lipinski definition) is 5. The smallest absolute Gasteiger partial charge is 0.408 e. The monoisotopic (exact) mass is 347 g/mol. The Bertz CT molecular complexity index is 674. The molecule has 2 aromatic rings. The Morgan fingerprint density at radius 2 is 1.96 bits per heavy atom. The molecule has 0 bridgehead atoms. The number of rotatable bonds is 5. The number of benzene rings is 1. The number of aryl methyl sites for hydroxylation is 1. The predicted octanol–water partition coefficient (Wildman–Crippen LogP) is 3.90. The average molecular weight is 347 g/mol. The van der Waals surface area contributed by atoms with Crippen molar-refractivity contribution in [3.63, 3.8) is 0 Å². The van der Waals surface area contributed by atoms with Gasteiger partial charge < -0.3 is 15.4 Å². The number of ether oxygens (including phenoxy) is 1. The highest BCUT2D eigenvalue weighted by molar-refractivity contribution is 7.13. The third kappa shape index (κ3) is 5.04. The van der Waals surface area contributed by atoms with Gasteiger partial charge >= 0.3 is 6.09 Å². The summed E-state index contributed by atoms with van der Waals surface area (Å²) in [6, 6.07) is 8.09. The van der Waals surface area contributed by atoms with E-state index in [4.69, 9.17) is 4.74 Å². The number of nitrogens with zero attached hydrogens (tertiary/aromatic N) is 1. The van der Waals surface area contributed by atoms with Gasteiger partial charge in [0, 0.05) is 12.1 Å². The summed E-state index contributed by atoms with van der Waals surface area (Å²) in [6.45, 7) is 8.33. The minimum Gasteiger partial charge on any atom is -0.440 e. The van der Waals surface area contributed by atoms with E-state index in [-0.39, 0.29) is 11.6 Å². The summed E-state index contributed by atoms with van der Waals surface area (Å²) >= 11 is 1.63. The number of aromatic nitrogens is 1. The first-order valence-corrected chi connectivity index (χ1v) is 8.82. The van der Waals surface area contributed by atoms with Crippen molar-refractivity contribution in [2.45, 2.75) is 39.3 Å². The second-order valence-electron chi connectivity index (χ2n) is 6.72. The minimum absolute atomic E-state index is 0.325. The van der Waals surface area contributed by atoms with Crippen LogP contribution < -0.4 is 10.6 Å². The molecule has 1 heterocycles. The summed E-state index contributed by atoms with van der Waals surface area (Å²) in [4.78, 5) is 17.5. The molecule has 0 aliphatic rings. The second kappa shape index (κ2) is 7.77. The van der Waals surface area contributed by atoms with Crippen LogP contribution in [-0.4, -0.2) is 30.2 Å². The molecule has 0 saturated carbocycles. The maximum absolute atomic E-state index is 12.0. The number of amides is 1. The van der Waals surface area contributed by atoms with E-state index >= 15 is 0 Å². The molecule has 0 fully saturated rings. The summed E-state index contributed by atoms with van der Waals surface area (Å²) in [5.41, 5.74) is 4.64. The quantitative estimate of drug-likeness (QED) is 0.861. The molecule has 1 atom stereocenters. The molecular formula is C18H25N3O2S. The molecule has 1 amide bonds. The lowest BCUT2D eigenvalue weighted by Crippen LogP contribution is -2.42. The summed E-state index contributed by atoms with van der Waals surface area (Å²) in [5.74, 6) is 0. The van der Waals surface area contributed by atoms with Crippen molar-refractivity contribution < 1.29 is 9.53 Å². The lowest BCUT2D eigenvalue weighted by Gasteiger charge is -2.24. The van der Waals surface area contributed by atoms with E-state index in [1.165, 1.54) is 0 Å². The van der Waals surface area contributed by atoms with E-state index in [1.807, 2.05) is 64.5 Å². The fraction of sp³-hybridized carbons (Fsp3) is 0.444. The highest BCUT2D eigenvalue weighted by Gasteiger charge is 2.20. The molecule has 0 saturated heterocycles. The Kier molecular flexibility index (Phi) is 5.96. The molecule has 1 aromatic heterocycles. The van der Waals surface area contributed by atoms with Crippen LogP contribution in [-0.2, 0) is 4.74 Å². The minimum atomic E-state index is -0.412. The maximum Gasteiger partial charge on any atom is 0.408 e. The first-order chi connectivity index (χ1) is 11.3. The molecule has 2 N–H and O–H groups in total. The number of hydrogen-bond donors (Lipinski definition) is 2. The zero-order valence-corrected chi connectivity index (χ0v) is 15.7. The molecule has 0 aliphatic carbocycles. The van der Waals surface area contributed by atoms with Crippen molar-refractivity contribution in [1.29, 1.82) is 0 Å². The SMILES string of the molecule is CNC[C@H](OC(=O)NC(C)(C)C)c1ccc(-c2scnc2C)cc1. The van der Waals surface area contributed by atoms with Gasteiger partial charge in [-0.15, -0.1) is 11.3 Å². The van der Waals surface area contributed by atoms with Crippen LogP contribution in [0.25, 0.3) is 10.4 Å². The molecule has 130 valence electrons. The second-order valence-corrected chi connectivity index (χ2v) is 7.57.